The van der Waals surface area contributed by atoms with Crippen molar-refractivity contribution >= 4 is 69.7 Å². The summed E-state index contributed by atoms with van der Waals surface area (Å²) < 4.78 is 0. The van der Waals surface area contributed by atoms with Crippen LogP contribution in [0.5, 0.6) is 0 Å². The van der Waals surface area contributed by atoms with E-state index in [0.29, 0.717) is 0 Å². The molecule has 9 rings (SSSR count). The quantitative estimate of drug-likeness (QED) is 0.195. The van der Waals surface area contributed by atoms with Crippen LogP contribution in [0, 0.1) is 0 Å². The summed E-state index contributed by atoms with van der Waals surface area (Å²) in [6.07, 6.45) is 0. The Morgan fingerprint density at radius 1 is 0.304 bits per heavy atom. The molecule has 0 saturated carbocycles. The first-order chi connectivity index (χ1) is 22.8. The topological polar surface area (TPSA) is 0 Å². The van der Waals surface area contributed by atoms with Gasteiger partial charge in [-0.25, -0.2) is 0 Å². The Hall–Kier alpha value is -4.63. The van der Waals surface area contributed by atoms with E-state index in [-0.39, 0.29) is 13.4 Å². The van der Waals surface area contributed by atoms with Crippen LogP contribution in [0.4, 0.5) is 0 Å². The molecule has 0 aromatic heterocycles. The van der Waals surface area contributed by atoms with E-state index in [0.717, 1.165) is 0 Å². The van der Waals surface area contributed by atoms with Gasteiger partial charge in [-0.05, 0) is 45.9 Å². The lowest BCUT2D eigenvalue weighted by Gasteiger charge is -2.34. The fourth-order valence-corrected chi connectivity index (χ4v) is 9.92. The Morgan fingerprint density at radius 3 is 1.37 bits per heavy atom. The maximum atomic E-state index is 2.42. The molecule has 0 N–H and O–H groups in total. The normalized spacial score (nSPS) is 13.0. The van der Waals surface area contributed by atoms with Crippen molar-refractivity contribution in [2.45, 2.75) is 19.6 Å². The van der Waals surface area contributed by atoms with E-state index in [2.05, 4.69) is 170 Å². The van der Waals surface area contributed by atoms with E-state index < -0.39 is 0 Å². The van der Waals surface area contributed by atoms with Gasteiger partial charge in [-0.15, -0.1) is 0 Å². The maximum Gasteiger partial charge on any atom is 0.246 e. The van der Waals surface area contributed by atoms with E-state index in [1.165, 1.54) is 74.6 Å². The fourth-order valence-electron chi connectivity index (χ4n) is 7.39. The number of hydrogen-bond acceptors (Lipinski definition) is 2. The molecule has 2 aliphatic heterocycles. The van der Waals surface area contributed by atoms with Gasteiger partial charge in [0, 0.05) is 19.6 Å². The first kappa shape index (κ1) is 27.7. The lowest BCUT2D eigenvalue weighted by molar-refractivity contribution is 1.36. The summed E-state index contributed by atoms with van der Waals surface area (Å²) in [5.41, 5.74) is 13.4. The third kappa shape index (κ3) is 4.59. The fraction of sp³-hybridized carbons (Fsp3) is 0. The molecule has 0 saturated heterocycles. The van der Waals surface area contributed by atoms with Crippen LogP contribution in [-0.2, 0) is 0 Å². The molecule has 0 spiro atoms. The monoisotopic (exact) mass is 618 g/mol. The minimum Gasteiger partial charge on any atom is -0.0917 e. The van der Waals surface area contributed by atoms with Crippen LogP contribution in [0.25, 0.3) is 22.3 Å². The largest absolute Gasteiger partial charge is 0.246 e. The minimum atomic E-state index is 0.113. The Labute approximate surface area is 280 Å². The van der Waals surface area contributed by atoms with Crippen LogP contribution in [0.3, 0.4) is 0 Å². The van der Waals surface area contributed by atoms with Crippen LogP contribution in [0.1, 0.15) is 0 Å². The Bertz CT molecular complexity index is 2230. The molecule has 0 atom stereocenters. The molecule has 2 aliphatic rings. The zero-order valence-electron chi connectivity index (χ0n) is 25.1. The minimum absolute atomic E-state index is 0.113. The van der Waals surface area contributed by atoms with Crippen molar-refractivity contribution in [1.82, 2.24) is 0 Å². The van der Waals surface area contributed by atoms with Crippen molar-refractivity contribution in [3.8, 4) is 22.3 Å². The van der Waals surface area contributed by atoms with Gasteiger partial charge in [0.05, 0.1) is 0 Å². The van der Waals surface area contributed by atoms with E-state index in [1.54, 1.807) is 0 Å². The standard InChI is InChI=1S/C42H28B2S2/c1-3-15-29(16-4-1)31-19-7-9-21-33(31)43-35-23-11-14-26-39(35)46-42-37(43)27-28-40-41(42)44(36-24-12-13-25-38(36)45-40)34-22-10-8-20-32(34)30-17-5-2-6-18-30/h1-28H. The second-order valence-electron chi connectivity index (χ2n) is 11.9. The maximum absolute atomic E-state index is 2.42. The molecule has 2 heterocycles. The molecule has 4 heteroatoms. The molecule has 46 heavy (non-hydrogen) atoms. The lowest BCUT2D eigenvalue weighted by Crippen LogP contribution is -2.61. The van der Waals surface area contributed by atoms with Crippen LogP contribution >= 0.6 is 23.5 Å². The molecule has 7 aromatic rings. The van der Waals surface area contributed by atoms with Crippen molar-refractivity contribution in [2.75, 3.05) is 0 Å². The first-order valence-electron chi connectivity index (χ1n) is 15.8. The number of fused-ring (bicyclic) bond motifs is 5. The molecule has 0 radical (unpaired) electrons. The highest BCUT2D eigenvalue weighted by Crippen LogP contribution is 2.37. The van der Waals surface area contributed by atoms with Gasteiger partial charge in [0.15, 0.2) is 0 Å². The Morgan fingerprint density at radius 2 is 0.761 bits per heavy atom. The van der Waals surface area contributed by atoms with Gasteiger partial charge in [0.25, 0.3) is 0 Å². The summed E-state index contributed by atoms with van der Waals surface area (Å²) in [5.74, 6) is 0. The SMILES string of the molecule is c1ccc(-c2ccccc2B2c3ccccc3Sc3c2ccc2c3B(c3ccccc3-c3ccccc3)c3ccccc3S2)cc1. The molecule has 7 aromatic carbocycles. The average molecular weight is 618 g/mol. The summed E-state index contributed by atoms with van der Waals surface area (Å²) in [4.78, 5) is 5.44. The third-order valence-electron chi connectivity index (χ3n) is 9.39. The number of hydrogen-bond donors (Lipinski definition) is 0. The van der Waals surface area contributed by atoms with Crippen LogP contribution in [0.15, 0.2) is 189 Å². The predicted molar refractivity (Wildman–Crippen MR) is 201 cm³/mol. The molecule has 0 nitrogen and oxygen atoms in total. The van der Waals surface area contributed by atoms with Crippen molar-refractivity contribution in [3.63, 3.8) is 0 Å². The second kappa shape index (κ2) is 11.6. The second-order valence-corrected chi connectivity index (χ2v) is 14.1. The molecule has 0 unspecified atom stereocenters. The summed E-state index contributed by atoms with van der Waals surface area (Å²) in [6, 6.07) is 62.7. The third-order valence-corrected chi connectivity index (χ3v) is 11.8. The predicted octanol–water partition coefficient (Wildman–Crippen LogP) is 6.98. The highest BCUT2D eigenvalue weighted by molar-refractivity contribution is 8.01. The van der Waals surface area contributed by atoms with Gasteiger partial charge in [0.2, 0.25) is 13.4 Å². The summed E-state index contributed by atoms with van der Waals surface area (Å²) in [7, 11) is 0. The van der Waals surface area contributed by atoms with Crippen molar-refractivity contribution in [2.24, 2.45) is 0 Å². The Kier molecular flexibility index (Phi) is 6.99. The van der Waals surface area contributed by atoms with Crippen LogP contribution in [-0.4, -0.2) is 13.4 Å². The van der Waals surface area contributed by atoms with Gasteiger partial charge in [-0.2, -0.15) is 0 Å². The number of benzene rings is 7. The van der Waals surface area contributed by atoms with Crippen molar-refractivity contribution < 1.29 is 0 Å². The Balaban J connectivity index is 1.32. The summed E-state index contributed by atoms with van der Waals surface area (Å²) in [5, 5.41) is 0. The molecular formula is C42H28B2S2. The van der Waals surface area contributed by atoms with E-state index >= 15 is 0 Å². The molecule has 0 bridgehead atoms. The highest BCUT2D eigenvalue weighted by Gasteiger charge is 2.40. The molecular weight excluding hydrogens is 590 g/mol. The zero-order chi connectivity index (χ0) is 30.5. The van der Waals surface area contributed by atoms with E-state index in [9.17, 15) is 0 Å². The van der Waals surface area contributed by atoms with Gasteiger partial charge in [0.1, 0.15) is 0 Å². The molecule has 0 fully saturated rings. The molecule has 0 amide bonds. The average Bonchev–Trinajstić information content (AvgIpc) is 3.13. The van der Waals surface area contributed by atoms with Gasteiger partial charge in [-0.1, -0.05) is 202 Å². The lowest BCUT2D eigenvalue weighted by atomic mass is 9.32. The highest BCUT2D eigenvalue weighted by atomic mass is 32.2. The smallest absolute Gasteiger partial charge is 0.0917 e. The van der Waals surface area contributed by atoms with Gasteiger partial charge < -0.3 is 0 Å². The zero-order valence-corrected chi connectivity index (χ0v) is 26.8. The van der Waals surface area contributed by atoms with E-state index in [1.807, 2.05) is 23.5 Å². The number of rotatable bonds is 4. The van der Waals surface area contributed by atoms with Crippen molar-refractivity contribution in [1.29, 1.82) is 0 Å². The van der Waals surface area contributed by atoms with Crippen LogP contribution < -0.4 is 32.8 Å². The molecule has 214 valence electrons. The van der Waals surface area contributed by atoms with Crippen LogP contribution in [0.2, 0.25) is 0 Å². The van der Waals surface area contributed by atoms with E-state index in [4.69, 9.17) is 0 Å². The summed E-state index contributed by atoms with van der Waals surface area (Å²) >= 11 is 3.88. The van der Waals surface area contributed by atoms with Crippen molar-refractivity contribution in [3.05, 3.63) is 170 Å². The van der Waals surface area contributed by atoms with Gasteiger partial charge in [-0.3, -0.25) is 0 Å². The summed E-state index contributed by atoms with van der Waals surface area (Å²) in [6.45, 7) is 0.239. The first-order valence-corrected chi connectivity index (χ1v) is 17.5. The van der Waals surface area contributed by atoms with Gasteiger partial charge >= 0.3 is 0 Å². The molecule has 0 aliphatic carbocycles.